The van der Waals surface area contributed by atoms with Gasteiger partial charge in [-0.15, -0.1) is 0 Å². The Labute approximate surface area is 107 Å². The molecule has 1 unspecified atom stereocenters. The van der Waals surface area contributed by atoms with Crippen LogP contribution in [0.3, 0.4) is 0 Å². The first-order chi connectivity index (χ1) is 8.52. The van der Waals surface area contributed by atoms with E-state index in [1.165, 1.54) is 0 Å². The SMILES string of the molecule is CC(CC(N)=O)NC(=O)c1ccc(CCN)cc1. The highest BCUT2D eigenvalue weighted by molar-refractivity contribution is 5.94. The van der Waals surface area contributed by atoms with Crippen molar-refractivity contribution in [2.75, 3.05) is 6.54 Å². The van der Waals surface area contributed by atoms with Gasteiger partial charge in [0.15, 0.2) is 0 Å². The minimum Gasteiger partial charge on any atom is -0.370 e. The molecule has 5 nitrogen and oxygen atoms in total. The summed E-state index contributed by atoms with van der Waals surface area (Å²) in [5.74, 6) is -0.635. The maximum Gasteiger partial charge on any atom is 0.251 e. The van der Waals surface area contributed by atoms with Gasteiger partial charge in [0.1, 0.15) is 0 Å². The van der Waals surface area contributed by atoms with Crippen LogP contribution < -0.4 is 16.8 Å². The van der Waals surface area contributed by atoms with Crippen molar-refractivity contribution in [2.24, 2.45) is 11.5 Å². The number of benzene rings is 1. The average molecular weight is 249 g/mol. The summed E-state index contributed by atoms with van der Waals surface area (Å²) in [6.45, 7) is 2.33. The molecule has 1 aromatic rings. The van der Waals surface area contributed by atoms with Gasteiger partial charge in [0.25, 0.3) is 5.91 Å². The van der Waals surface area contributed by atoms with Gasteiger partial charge in [0.2, 0.25) is 5.91 Å². The molecule has 0 aromatic heterocycles. The van der Waals surface area contributed by atoms with E-state index >= 15 is 0 Å². The van der Waals surface area contributed by atoms with Crippen molar-refractivity contribution in [3.8, 4) is 0 Å². The summed E-state index contributed by atoms with van der Waals surface area (Å²) >= 11 is 0. The first-order valence-electron chi connectivity index (χ1n) is 5.91. The summed E-state index contributed by atoms with van der Waals surface area (Å²) < 4.78 is 0. The van der Waals surface area contributed by atoms with Gasteiger partial charge in [-0.2, -0.15) is 0 Å². The van der Waals surface area contributed by atoms with E-state index < -0.39 is 5.91 Å². The maximum absolute atomic E-state index is 11.8. The molecule has 5 heteroatoms. The zero-order chi connectivity index (χ0) is 13.5. The Morgan fingerprint density at radius 1 is 1.28 bits per heavy atom. The Kier molecular flexibility index (Phi) is 5.32. The van der Waals surface area contributed by atoms with E-state index in [9.17, 15) is 9.59 Å². The molecule has 0 aliphatic carbocycles. The fourth-order valence-corrected chi connectivity index (χ4v) is 1.65. The van der Waals surface area contributed by atoms with Gasteiger partial charge in [0.05, 0.1) is 0 Å². The fourth-order valence-electron chi connectivity index (χ4n) is 1.65. The van der Waals surface area contributed by atoms with Crippen LogP contribution in [0.4, 0.5) is 0 Å². The molecule has 1 rings (SSSR count). The second-order valence-corrected chi connectivity index (χ2v) is 4.28. The largest absolute Gasteiger partial charge is 0.370 e. The summed E-state index contributed by atoms with van der Waals surface area (Å²) in [6.07, 6.45) is 0.928. The predicted molar refractivity (Wildman–Crippen MR) is 69.9 cm³/mol. The van der Waals surface area contributed by atoms with E-state index in [1.807, 2.05) is 12.1 Å². The lowest BCUT2D eigenvalue weighted by molar-refractivity contribution is -0.118. The number of nitrogens with one attached hydrogen (secondary N) is 1. The number of carbonyl (C=O) groups is 2. The molecular formula is C13H19N3O2. The molecule has 0 spiro atoms. The number of primary amides is 1. The standard InChI is InChI=1S/C13H19N3O2/c1-9(8-12(15)17)16-13(18)11-4-2-10(3-5-11)6-7-14/h2-5,9H,6-8,14H2,1H3,(H2,15,17)(H,16,18). The van der Waals surface area contributed by atoms with Crippen LogP contribution in [0.5, 0.6) is 0 Å². The minimum absolute atomic E-state index is 0.136. The number of rotatable bonds is 6. The highest BCUT2D eigenvalue weighted by Gasteiger charge is 2.11. The van der Waals surface area contributed by atoms with Gasteiger partial charge in [-0.25, -0.2) is 0 Å². The summed E-state index contributed by atoms with van der Waals surface area (Å²) in [7, 11) is 0. The molecule has 1 aromatic carbocycles. The molecule has 18 heavy (non-hydrogen) atoms. The highest BCUT2D eigenvalue weighted by atomic mass is 16.2. The quantitative estimate of drug-likeness (QED) is 0.670. The maximum atomic E-state index is 11.8. The van der Waals surface area contributed by atoms with Gasteiger partial charge in [-0.1, -0.05) is 12.1 Å². The van der Waals surface area contributed by atoms with Crippen LogP contribution >= 0.6 is 0 Å². The molecule has 0 fully saturated rings. The van der Waals surface area contributed by atoms with E-state index in [0.717, 1.165) is 12.0 Å². The number of carbonyl (C=O) groups excluding carboxylic acids is 2. The van der Waals surface area contributed by atoms with E-state index in [-0.39, 0.29) is 18.4 Å². The molecule has 0 aliphatic heterocycles. The van der Waals surface area contributed by atoms with Crippen LogP contribution in [0.25, 0.3) is 0 Å². The number of hydrogen-bond donors (Lipinski definition) is 3. The van der Waals surface area contributed by atoms with Crippen molar-refractivity contribution < 1.29 is 9.59 Å². The van der Waals surface area contributed by atoms with Gasteiger partial charge >= 0.3 is 0 Å². The van der Waals surface area contributed by atoms with Gasteiger partial charge < -0.3 is 16.8 Å². The van der Waals surface area contributed by atoms with Crippen LogP contribution in [-0.2, 0) is 11.2 Å². The fraction of sp³-hybridized carbons (Fsp3) is 0.385. The molecule has 2 amide bonds. The smallest absolute Gasteiger partial charge is 0.251 e. The van der Waals surface area contributed by atoms with Gasteiger partial charge in [-0.05, 0) is 37.6 Å². The summed E-state index contributed by atoms with van der Waals surface area (Å²) in [5.41, 5.74) is 12.2. The monoisotopic (exact) mass is 249 g/mol. The van der Waals surface area contributed by atoms with Crippen molar-refractivity contribution in [1.82, 2.24) is 5.32 Å². The molecule has 0 heterocycles. The normalized spacial score (nSPS) is 11.9. The molecular weight excluding hydrogens is 230 g/mol. The Hall–Kier alpha value is -1.88. The lowest BCUT2D eigenvalue weighted by Gasteiger charge is -2.12. The lowest BCUT2D eigenvalue weighted by Crippen LogP contribution is -2.35. The van der Waals surface area contributed by atoms with Gasteiger partial charge in [0, 0.05) is 18.0 Å². The molecule has 98 valence electrons. The van der Waals surface area contributed by atoms with Crippen molar-refractivity contribution in [3.63, 3.8) is 0 Å². The van der Waals surface area contributed by atoms with Crippen LogP contribution in [0.1, 0.15) is 29.3 Å². The van der Waals surface area contributed by atoms with Crippen molar-refractivity contribution in [2.45, 2.75) is 25.8 Å². The van der Waals surface area contributed by atoms with E-state index in [2.05, 4.69) is 5.32 Å². The van der Waals surface area contributed by atoms with Crippen LogP contribution in [0.15, 0.2) is 24.3 Å². The Bertz CT molecular complexity index is 415. The Morgan fingerprint density at radius 2 is 1.89 bits per heavy atom. The highest BCUT2D eigenvalue weighted by Crippen LogP contribution is 2.05. The molecule has 0 bridgehead atoms. The third-order valence-electron chi connectivity index (χ3n) is 2.53. The van der Waals surface area contributed by atoms with Crippen molar-refractivity contribution in [3.05, 3.63) is 35.4 Å². The van der Waals surface area contributed by atoms with Crippen LogP contribution in [-0.4, -0.2) is 24.4 Å². The lowest BCUT2D eigenvalue weighted by atomic mass is 10.1. The van der Waals surface area contributed by atoms with E-state index in [0.29, 0.717) is 12.1 Å². The topological polar surface area (TPSA) is 98.2 Å². The third-order valence-corrected chi connectivity index (χ3v) is 2.53. The molecule has 0 saturated heterocycles. The van der Waals surface area contributed by atoms with Crippen molar-refractivity contribution in [1.29, 1.82) is 0 Å². The second-order valence-electron chi connectivity index (χ2n) is 4.28. The second kappa shape index (κ2) is 6.76. The number of amides is 2. The summed E-state index contributed by atoms with van der Waals surface area (Å²) in [4.78, 5) is 22.5. The Balaban J connectivity index is 2.58. The van der Waals surface area contributed by atoms with Crippen LogP contribution in [0, 0.1) is 0 Å². The first kappa shape index (κ1) is 14.2. The summed E-state index contributed by atoms with van der Waals surface area (Å²) in [5, 5.41) is 2.71. The van der Waals surface area contributed by atoms with Crippen molar-refractivity contribution >= 4 is 11.8 Å². The average Bonchev–Trinajstić information content (AvgIpc) is 2.29. The van der Waals surface area contributed by atoms with Crippen LogP contribution in [0.2, 0.25) is 0 Å². The minimum atomic E-state index is -0.430. The number of nitrogens with two attached hydrogens (primary N) is 2. The molecule has 0 aliphatic rings. The molecule has 1 atom stereocenters. The molecule has 0 radical (unpaired) electrons. The molecule has 5 N–H and O–H groups in total. The molecule has 0 saturated carbocycles. The third kappa shape index (κ3) is 4.55. The predicted octanol–water partition coefficient (Wildman–Crippen LogP) is 0.182. The Morgan fingerprint density at radius 3 is 2.39 bits per heavy atom. The first-order valence-corrected chi connectivity index (χ1v) is 5.91. The summed E-state index contributed by atoms with van der Waals surface area (Å²) in [6, 6.07) is 6.98. The number of hydrogen-bond acceptors (Lipinski definition) is 3. The van der Waals surface area contributed by atoms with Gasteiger partial charge in [-0.3, -0.25) is 9.59 Å². The van der Waals surface area contributed by atoms with E-state index in [1.54, 1.807) is 19.1 Å². The van der Waals surface area contributed by atoms with E-state index in [4.69, 9.17) is 11.5 Å². The zero-order valence-corrected chi connectivity index (χ0v) is 10.5. The zero-order valence-electron chi connectivity index (χ0n) is 10.5.